The fourth-order valence-corrected chi connectivity index (χ4v) is 3.36. The molecule has 2 rings (SSSR count). The number of furan rings is 1. The van der Waals surface area contributed by atoms with E-state index in [1.807, 2.05) is 23.9 Å². The molecule has 0 aliphatic heterocycles. The lowest BCUT2D eigenvalue weighted by atomic mass is 10.1. The summed E-state index contributed by atoms with van der Waals surface area (Å²) in [5.41, 5.74) is 8.86. The second-order valence-corrected chi connectivity index (χ2v) is 5.94. The summed E-state index contributed by atoms with van der Waals surface area (Å²) in [6, 6.07) is 12.7. The molecule has 0 amide bonds. The Kier molecular flexibility index (Phi) is 5.11. The van der Waals surface area contributed by atoms with Gasteiger partial charge < -0.3 is 10.2 Å². The molecule has 0 bridgehead atoms. The van der Waals surface area contributed by atoms with Crippen molar-refractivity contribution in [2.75, 3.05) is 0 Å². The van der Waals surface area contributed by atoms with Crippen LogP contribution in [0.25, 0.3) is 0 Å². The van der Waals surface area contributed by atoms with Crippen molar-refractivity contribution in [1.82, 2.24) is 0 Å². The third kappa shape index (κ3) is 3.88. The van der Waals surface area contributed by atoms with Crippen molar-refractivity contribution in [3.63, 3.8) is 0 Å². The van der Waals surface area contributed by atoms with Crippen LogP contribution in [0.4, 0.5) is 0 Å². The van der Waals surface area contributed by atoms with Crippen LogP contribution in [-0.4, -0.2) is 6.04 Å². The van der Waals surface area contributed by atoms with Gasteiger partial charge in [0.15, 0.2) is 0 Å². The molecule has 2 unspecified atom stereocenters. The molecule has 3 heteroatoms. The van der Waals surface area contributed by atoms with E-state index in [-0.39, 0.29) is 11.3 Å². The maximum absolute atomic E-state index is 6.22. The monoisotopic (exact) mass is 275 g/mol. The minimum absolute atomic E-state index is 0.126. The Morgan fingerprint density at radius 1 is 1.26 bits per heavy atom. The summed E-state index contributed by atoms with van der Waals surface area (Å²) in [6.45, 7) is 4.24. The molecule has 0 saturated carbocycles. The second-order valence-electron chi connectivity index (χ2n) is 4.81. The number of hydrogen-bond acceptors (Lipinski definition) is 3. The molecule has 102 valence electrons. The van der Waals surface area contributed by atoms with Crippen molar-refractivity contribution in [2.24, 2.45) is 5.73 Å². The Balaban J connectivity index is 2.05. The zero-order valence-electron chi connectivity index (χ0n) is 11.5. The Morgan fingerprint density at radius 2 is 2.11 bits per heavy atom. The summed E-state index contributed by atoms with van der Waals surface area (Å²) in [7, 11) is 0. The first kappa shape index (κ1) is 14.2. The standard InChI is InChI=1S/C16H21NOS/c1-3-14(17)16(15-8-5-9-18-15)19-11-13-7-4-6-12(2)10-13/h4-10,14,16H,3,11,17H2,1-2H3. The number of rotatable bonds is 6. The van der Waals surface area contributed by atoms with E-state index in [2.05, 4.69) is 38.1 Å². The third-order valence-electron chi connectivity index (χ3n) is 3.20. The maximum Gasteiger partial charge on any atom is 0.118 e. The van der Waals surface area contributed by atoms with Crippen LogP contribution in [0.5, 0.6) is 0 Å². The molecule has 0 saturated heterocycles. The van der Waals surface area contributed by atoms with Gasteiger partial charge in [-0.25, -0.2) is 0 Å². The Hall–Kier alpha value is -1.19. The average Bonchev–Trinajstić information content (AvgIpc) is 2.92. The number of nitrogens with two attached hydrogens (primary N) is 1. The van der Waals surface area contributed by atoms with E-state index in [0.29, 0.717) is 0 Å². The van der Waals surface area contributed by atoms with Gasteiger partial charge in [-0.2, -0.15) is 0 Å². The largest absolute Gasteiger partial charge is 0.468 e. The summed E-state index contributed by atoms with van der Waals surface area (Å²) in [4.78, 5) is 0. The number of thioether (sulfide) groups is 1. The topological polar surface area (TPSA) is 39.2 Å². The fourth-order valence-electron chi connectivity index (χ4n) is 2.07. The highest BCUT2D eigenvalue weighted by molar-refractivity contribution is 7.98. The molecule has 2 atom stereocenters. The molecule has 19 heavy (non-hydrogen) atoms. The van der Waals surface area contributed by atoms with E-state index in [0.717, 1.165) is 17.9 Å². The molecule has 0 aliphatic carbocycles. The maximum atomic E-state index is 6.22. The minimum Gasteiger partial charge on any atom is -0.468 e. The van der Waals surface area contributed by atoms with Gasteiger partial charge in [-0.15, -0.1) is 11.8 Å². The number of aryl methyl sites for hydroxylation is 1. The predicted molar refractivity (Wildman–Crippen MR) is 82.2 cm³/mol. The van der Waals surface area contributed by atoms with Gasteiger partial charge in [-0.1, -0.05) is 36.8 Å². The Bertz CT molecular complexity index is 495. The molecule has 0 radical (unpaired) electrons. The Morgan fingerprint density at radius 3 is 2.74 bits per heavy atom. The van der Waals surface area contributed by atoms with E-state index in [1.54, 1.807) is 6.26 Å². The quantitative estimate of drug-likeness (QED) is 0.854. The van der Waals surface area contributed by atoms with Crippen LogP contribution in [0.2, 0.25) is 0 Å². The van der Waals surface area contributed by atoms with Gasteiger partial charge in [0.25, 0.3) is 0 Å². The van der Waals surface area contributed by atoms with Gasteiger partial charge in [-0.05, 0) is 31.0 Å². The highest BCUT2D eigenvalue weighted by atomic mass is 32.2. The summed E-state index contributed by atoms with van der Waals surface area (Å²) >= 11 is 1.85. The lowest BCUT2D eigenvalue weighted by molar-refractivity contribution is 0.474. The van der Waals surface area contributed by atoms with E-state index in [9.17, 15) is 0 Å². The van der Waals surface area contributed by atoms with Gasteiger partial charge >= 0.3 is 0 Å². The van der Waals surface area contributed by atoms with Crippen LogP contribution in [0.3, 0.4) is 0 Å². The van der Waals surface area contributed by atoms with Gasteiger partial charge in [0.2, 0.25) is 0 Å². The lowest BCUT2D eigenvalue weighted by Crippen LogP contribution is -2.25. The van der Waals surface area contributed by atoms with Crippen molar-refractivity contribution < 1.29 is 4.42 Å². The molecule has 0 spiro atoms. The lowest BCUT2D eigenvalue weighted by Gasteiger charge is -2.20. The van der Waals surface area contributed by atoms with Crippen LogP contribution >= 0.6 is 11.8 Å². The van der Waals surface area contributed by atoms with Crippen LogP contribution in [0.15, 0.2) is 47.1 Å². The van der Waals surface area contributed by atoms with E-state index >= 15 is 0 Å². The molecule has 2 nitrogen and oxygen atoms in total. The van der Waals surface area contributed by atoms with Crippen molar-refractivity contribution in [3.8, 4) is 0 Å². The fraction of sp³-hybridized carbons (Fsp3) is 0.375. The van der Waals surface area contributed by atoms with Crippen LogP contribution in [-0.2, 0) is 5.75 Å². The highest BCUT2D eigenvalue weighted by Gasteiger charge is 2.21. The number of hydrogen-bond donors (Lipinski definition) is 1. The second kappa shape index (κ2) is 6.83. The van der Waals surface area contributed by atoms with Crippen molar-refractivity contribution in [3.05, 3.63) is 59.5 Å². The SMILES string of the molecule is CCC(N)C(SCc1cccc(C)c1)c1ccco1. The van der Waals surface area contributed by atoms with Crippen molar-refractivity contribution in [1.29, 1.82) is 0 Å². The van der Waals surface area contributed by atoms with Crippen LogP contribution < -0.4 is 5.73 Å². The zero-order chi connectivity index (χ0) is 13.7. The van der Waals surface area contributed by atoms with Crippen LogP contribution in [0.1, 0.15) is 35.5 Å². The Labute approximate surface area is 119 Å². The first-order valence-corrected chi connectivity index (χ1v) is 7.71. The van der Waals surface area contributed by atoms with E-state index in [4.69, 9.17) is 10.2 Å². The summed E-state index contributed by atoms with van der Waals surface area (Å²) in [6.07, 6.45) is 2.67. The summed E-state index contributed by atoms with van der Waals surface area (Å²) in [5, 5.41) is 0.223. The van der Waals surface area contributed by atoms with Gasteiger partial charge in [-0.3, -0.25) is 0 Å². The smallest absolute Gasteiger partial charge is 0.118 e. The molecule has 1 heterocycles. The van der Waals surface area contributed by atoms with Gasteiger partial charge in [0.1, 0.15) is 5.76 Å². The highest BCUT2D eigenvalue weighted by Crippen LogP contribution is 2.35. The zero-order valence-corrected chi connectivity index (χ0v) is 12.3. The average molecular weight is 275 g/mol. The third-order valence-corrected chi connectivity index (χ3v) is 4.64. The molecule has 1 aromatic heterocycles. The van der Waals surface area contributed by atoms with Gasteiger partial charge in [0.05, 0.1) is 11.5 Å². The minimum atomic E-state index is 0.126. The van der Waals surface area contributed by atoms with Crippen LogP contribution in [0, 0.1) is 6.92 Å². The molecule has 2 N–H and O–H groups in total. The molecule has 0 aliphatic rings. The van der Waals surface area contributed by atoms with Crippen molar-refractivity contribution in [2.45, 2.75) is 37.3 Å². The molecule has 2 aromatic rings. The van der Waals surface area contributed by atoms with Crippen molar-refractivity contribution >= 4 is 11.8 Å². The summed E-state index contributed by atoms with van der Waals surface area (Å²) in [5.74, 6) is 1.94. The summed E-state index contributed by atoms with van der Waals surface area (Å²) < 4.78 is 5.53. The van der Waals surface area contributed by atoms with E-state index in [1.165, 1.54) is 11.1 Å². The first-order chi connectivity index (χ1) is 9.20. The molecular formula is C16H21NOS. The predicted octanol–water partition coefficient (Wildman–Crippen LogP) is 4.30. The first-order valence-electron chi connectivity index (χ1n) is 6.67. The van der Waals surface area contributed by atoms with Gasteiger partial charge in [0, 0.05) is 11.8 Å². The molecular weight excluding hydrogens is 254 g/mol. The normalized spacial score (nSPS) is 14.3. The van der Waals surface area contributed by atoms with E-state index < -0.39 is 0 Å². The molecule has 0 fully saturated rings. The molecule has 1 aromatic carbocycles. The number of benzene rings is 1.